The van der Waals surface area contributed by atoms with Gasteiger partial charge < -0.3 is 14.8 Å². The molecule has 0 bridgehead atoms. The lowest BCUT2D eigenvalue weighted by Crippen LogP contribution is -1.97. The molecule has 0 atom stereocenters. The molecule has 1 heterocycles. The summed E-state index contributed by atoms with van der Waals surface area (Å²) < 4.78 is 19.1. The second-order valence-corrected chi connectivity index (χ2v) is 5.46. The molecule has 0 saturated heterocycles. The van der Waals surface area contributed by atoms with Crippen molar-refractivity contribution in [3.8, 4) is 22.8 Å². The minimum absolute atomic E-state index is 0.0691. The van der Waals surface area contributed by atoms with Gasteiger partial charge in [0.15, 0.2) is 5.69 Å². The molecule has 1 aromatic heterocycles. The molecule has 122 valence electrons. The fourth-order valence-electron chi connectivity index (χ4n) is 3.06. The highest BCUT2D eigenvalue weighted by Crippen LogP contribution is 2.43. The zero-order valence-electron chi connectivity index (χ0n) is 13.3. The summed E-state index contributed by atoms with van der Waals surface area (Å²) in [4.78, 5) is 13.8. The minimum Gasteiger partial charge on any atom is -0.496 e. The summed E-state index contributed by atoms with van der Waals surface area (Å²) in [6.45, 7) is 5.79. The fraction of sp³-hybridized carbons (Fsp3) is 0.167. The van der Waals surface area contributed by atoms with E-state index < -0.39 is 5.82 Å². The maximum Gasteiger partial charge on any atom is 0.219 e. The van der Waals surface area contributed by atoms with Crippen molar-refractivity contribution < 1.29 is 14.2 Å². The number of rotatable bonds is 4. The van der Waals surface area contributed by atoms with Gasteiger partial charge in [0.05, 0.1) is 19.6 Å². The molecule has 0 spiro atoms. The van der Waals surface area contributed by atoms with Gasteiger partial charge in [0.25, 0.3) is 0 Å². The summed E-state index contributed by atoms with van der Waals surface area (Å²) in [5, 5.41) is 13.2. The zero-order valence-corrected chi connectivity index (χ0v) is 13.3. The quantitative estimate of drug-likeness (QED) is 0.535. The Hall–Kier alpha value is -3.02. The van der Waals surface area contributed by atoms with Crippen molar-refractivity contribution in [2.45, 2.75) is 13.3 Å². The number of nitrogens with zero attached hydrogens (tertiary/aromatic N) is 1. The topological polar surface area (TPSA) is 74.7 Å². The van der Waals surface area contributed by atoms with Crippen molar-refractivity contribution in [1.29, 1.82) is 0 Å². The third kappa shape index (κ3) is 2.27. The van der Waals surface area contributed by atoms with Crippen LogP contribution in [0.3, 0.4) is 0 Å². The molecule has 3 aromatic rings. The summed E-state index contributed by atoms with van der Waals surface area (Å²) in [6.07, 6.45) is 0.445. The molecule has 5 nitrogen and oxygen atoms in total. The number of nitrogens with one attached hydrogen (secondary N) is 1. The summed E-state index contributed by atoms with van der Waals surface area (Å²) in [6, 6.07) is 5.94. The third-order valence-electron chi connectivity index (χ3n) is 4.23. The number of hydrogen-bond acceptors (Lipinski definition) is 4. The number of ether oxygens (including phenoxy) is 1. The number of aromatic hydroxyl groups is 1. The van der Waals surface area contributed by atoms with Gasteiger partial charge in [-0.2, -0.15) is 0 Å². The predicted molar refractivity (Wildman–Crippen MR) is 91.2 cm³/mol. The van der Waals surface area contributed by atoms with Crippen molar-refractivity contribution in [1.82, 2.24) is 4.98 Å². The van der Waals surface area contributed by atoms with Crippen LogP contribution in [-0.4, -0.2) is 17.2 Å². The van der Waals surface area contributed by atoms with Crippen LogP contribution in [0.5, 0.6) is 11.6 Å². The summed E-state index contributed by atoms with van der Waals surface area (Å²) in [5.74, 6) is -0.184. The van der Waals surface area contributed by atoms with E-state index in [9.17, 15) is 14.4 Å². The van der Waals surface area contributed by atoms with Gasteiger partial charge in [-0.05, 0) is 47.5 Å². The Bertz CT molecular complexity index is 947. The van der Waals surface area contributed by atoms with Gasteiger partial charge in [-0.1, -0.05) is 0 Å². The van der Waals surface area contributed by atoms with Crippen molar-refractivity contribution in [3.63, 3.8) is 0 Å². The SMILES string of the molecule is [CH2+]Cc1c(-c2cc(F)ccc2OC)cc2c(N=O)c(O)[nH]c2c1C. The number of fused-ring (bicyclic) bond motifs is 1. The molecule has 0 radical (unpaired) electrons. The van der Waals surface area contributed by atoms with Gasteiger partial charge in [0.1, 0.15) is 18.0 Å². The first-order valence-electron chi connectivity index (χ1n) is 7.35. The maximum absolute atomic E-state index is 13.8. The van der Waals surface area contributed by atoms with E-state index in [0.29, 0.717) is 34.2 Å². The van der Waals surface area contributed by atoms with Crippen molar-refractivity contribution in [2.75, 3.05) is 7.11 Å². The van der Waals surface area contributed by atoms with Gasteiger partial charge in [-0.25, -0.2) is 4.39 Å². The molecule has 6 heteroatoms. The molecule has 0 fully saturated rings. The number of nitroso groups, excluding NO2 is 1. The molecule has 2 N–H and O–H groups in total. The summed E-state index contributed by atoms with van der Waals surface area (Å²) in [7, 11) is 1.51. The fourth-order valence-corrected chi connectivity index (χ4v) is 3.06. The number of aromatic nitrogens is 1. The van der Waals surface area contributed by atoms with E-state index in [2.05, 4.69) is 17.1 Å². The number of halogens is 1. The zero-order chi connectivity index (χ0) is 17.4. The van der Waals surface area contributed by atoms with Crippen LogP contribution in [0.25, 0.3) is 22.0 Å². The lowest BCUT2D eigenvalue weighted by molar-refractivity contribution is 0.415. The van der Waals surface area contributed by atoms with Crippen LogP contribution in [0.2, 0.25) is 0 Å². The minimum atomic E-state index is -0.399. The van der Waals surface area contributed by atoms with Crippen LogP contribution >= 0.6 is 0 Å². The Morgan fingerprint density at radius 3 is 2.71 bits per heavy atom. The normalized spacial score (nSPS) is 11.0. The van der Waals surface area contributed by atoms with E-state index in [1.165, 1.54) is 19.2 Å². The van der Waals surface area contributed by atoms with Crippen LogP contribution in [0.15, 0.2) is 29.4 Å². The van der Waals surface area contributed by atoms with Gasteiger partial charge >= 0.3 is 0 Å². The van der Waals surface area contributed by atoms with Crippen LogP contribution in [0.4, 0.5) is 10.1 Å². The number of benzene rings is 2. The van der Waals surface area contributed by atoms with E-state index in [-0.39, 0.29) is 11.6 Å². The molecule has 0 saturated carbocycles. The van der Waals surface area contributed by atoms with E-state index in [0.717, 1.165) is 11.1 Å². The maximum atomic E-state index is 13.8. The molecule has 0 aliphatic carbocycles. The van der Waals surface area contributed by atoms with E-state index >= 15 is 0 Å². The number of methoxy groups -OCH3 is 1. The molecular weight excluding hydrogens is 311 g/mol. The molecule has 0 aliphatic rings. The number of H-pyrrole nitrogens is 1. The Labute approximate surface area is 138 Å². The Morgan fingerprint density at radius 1 is 1.33 bits per heavy atom. The Kier molecular flexibility index (Phi) is 3.89. The van der Waals surface area contributed by atoms with Crippen molar-refractivity contribution in [3.05, 3.63) is 53.0 Å². The van der Waals surface area contributed by atoms with Crippen molar-refractivity contribution >= 4 is 16.6 Å². The average molecular weight is 327 g/mol. The second-order valence-electron chi connectivity index (χ2n) is 5.46. The van der Waals surface area contributed by atoms with E-state index in [1.807, 2.05) is 6.92 Å². The Balaban J connectivity index is 2.43. The first-order valence-corrected chi connectivity index (χ1v) is 7.35. The highest BCUT2D eigenvalue weighted by atomic mass is 19.1. The monoisotopic (exact) mass is 327 g/mol. The van der Waals surface area contributed by atoms with Crippen molar-refractivity contribution in [2.24, 2.45) is 5.18 Å². The van der Waals surface area contributed by atoms with E-state index in [4.69, 9.17) is 4.74 Å². The van der Waals surface area contributed by atoms with Gasteiger partial charge in [-0.15, -0.1) is 4.91 Å². The highest BCUT2D eigenvalue weighted by molar-refractivity contribution is 6.00. The smallest absolute Gasteiger partial charge is 0.219 e. The largest absolute Gasteiger partial charge is 0.496 e. The van der Waals surface area contributed by atoms with Gasteiger partial charge in [0.2, 0.25) is 5.88 Å². The number of aryl methyl sites for hydroxylation is 1. The standard InChI is InChI=1S/C18H15FN2O3/c1-4-11-9(2)16-14(17(21-23)18(22)20-16)8-12(11)13-7-10(19)5-6-15(13)24-3/h5-8H,1,4H2,2-3H3,(H-,20,21,22,23)/p+1. The van der Waals surface area contributed by atoms with Gasteiger partial charge in [-0.3, -0.25) is 0 Å². The lowest BCUT2D eigenvalue weighted by atomic mass is 9.91. The second kappa shape index (κ2) is 5.88. The molecule has 0 unspecified atom stereocenters. The molecule has 2 aromatic carbocycles. The molecule has 0 amide bonds. The molecule has 0 aliphatic heterocycles. The predicted octanol–water partition coefficient (Wildman–Crippen LogP) is 4.77. The third-order valence-corrected chi connectivity index (χ3v) is 4.23. The van der Waals surface area contributed by atoms with Crippen LogP contribution in [0, 0.1) is 24.6 Å². The van der Waals surface area contributed by atoms with Crippen LogP contribution in [0.1, 0.15) is 11.1 Å². The van der Waals surface area contributed by atoms with Crippen LogP contribution in [-0.2, 0) is 6.42 Å². The number of hydrogen-bond donors (Lipinski definition) is 2. The summed E-state index contributed by atoms with van der Waals surface area (Å²) >= 11 is 0. The number of aromatic amines is 1. The van der Waals surface area contributed by atoms with E-state index in [1.54, 1.807) is 12.1 Å². The lowest BCUT2D eigenvalue weighted by Gasteiger charge is -2.14. The molecule has 3 rings (SSSR count). The summed E-state index contributed by atoms with van der Waals surface area (Å²) in [5.41, 5.74) is 3.47. The highest BCUT2D eigenvalue weighted by Gasteiger charge is 2.21. The van der Waals surface area contributed by atoms with Gasteiger partial charge in [0, 0.05) is 16.5 Å². The average Bonchev–Trinajstić information content (AvgIpc) is 2.90. The van der Waals surface area contributed by atoms with Crippen LogP contribution < -0.4 is 4.74 Å². The molecular formula is C18H16FN2O3+. The Morgan fingerprint density at radius 2 is 2.08 bits per heavy atom. The first-order chi connectivity index (χ1) is 11.5. The molecule has 24 heavy (non-hydrogen) atoms. The first kappa shape index (κ1) is 15.9.